The van der Waals surface area contributed by atoms with Crippen molar-refractivity contribution in [3.63, 3.8) is 0 Å². The van der Waals surface area contributed by atoms with Crippen LogP contribution in [0.2, 0.25) is 0 Å². The SMILES string of the molecule is CC#Cc1ccn2c(N3CCC(=O)NC3=O)cnc2c1. The van der Waals surface area contributed by atoms with E-state index in [1.165, 1.54) is 4.90 Å². The van der Waals surface area contributed by atoms with Gasteiger partial charge in [0.15, 0.2) is 0 Å². The Kier molecular flexibility index (Phi) is 2.88. The number of carbonyl (C=O) groups excluding carboxylic acids is 2. The highest BCUT2D eigenvalue weighted by Crippen LogP contribution is 2.19. The molecular weight excluding hydrogens is 256 g/mol. The van der Waals surface area contributed by atoms with E-state index in [0.717, 1.165) is 5.56 Å². The van der Waals surface area contributed by atoms with Crippen LogP contribution in [0.15, 0.2) is 24.5 Å². The molecule has 0 bridgehead atoms. The Morgan fingerprint density at radius 1 is 1.40 bits per heavy atom. The van der Waals surface area contributed by atoms with Crippen molar-refractivity contribution in [1.29, 1.82) is 0 Å². The molecule has 0 saturated carbocycles. The molecular formula is C14H12N4O2. The molecule has 0 radical (unpaired) electrons. The Morgan fingerprint density at radius 2 is 2.25 bits per heavy atom. The van der Waals surface area contributed by atoms with E-state index in [1.807, 2.05) is 18.3 Å². The van der Waals surface area contributed by atoms with Gasteiger partial charge in [-0.25, -0.2) is 9.78 Å². The lowest BCUT2D eigenvalue weighted by atomic mass is 10.2. The molecule has 0 unspecified atom stereocenters. The molecule has 0 aliphatic carbocycles. The fourth-order valence-electron chi connectivity index (χ4n) is 2.17. The predicted octanol–water partition coefficient (Wildman–Crippen LogP) is 1.15. The summed E-state index contributed by atoms with van der Waals surface area (Å²) in [7, 11) is 0. The summed E-state index contributed by atoms with van der Waals surface area (Å²) in [5.74, 6) is 6.18. The van der Waals surface area contributed by atoms with E-state index in [4.69, 9.17) is 0 Å². The van der Waals surface area contributed by atoms with Crippen LogP contribution in [0.1, 0.15) is 18.9 Å². The number of hydrogen-bond donors (Lipinski definition) is 1. The molecule has 3 rings (SSSR count). The second kappa shape index (κ2) is 4.70. The molecule has 0 aromatic carbocycles. The number of anilines is 1. The highest BCUT2D eigenvalue weighted by Gasteiger charge is 2.26. The number of nitrogens with one attached hydrogen (secondary N) is 1. The molecule has 6 heteroatoms. The third-order valence-electron chi connectivity index (χ3n) is 3.09. The smallest absolute Gasteiger partial charge is 0.286 e. The van der Waals surface area contributed by atoms with Crippen LogP contribution < -0.4 is 10.2 Å². The van der Waals surface area contributed by atoms with Crippen LogP contribution in [-0.2, 0) is 4.79 Å². The van der Waals surface area contributed by atoms with Crippen molar-refractivity contribution in [3.8, 4) is 11.8 Å². The molecule has 3 heterocycles. The summed E-state index contributed by atoms with van der Waals surface area (Å²) in [4.78, 5) is 28.8. The third kappa shape index (κ3) is 1.99. The minimum absolute atomic E-state index is 0.249. The van der Waals surface area contributed by atoms with Gasteiger partial charge in [-0.2, -0.15) is 0 Å². The van der Waals surface area contributed by atoms with Gasteiger partial charge in [-0.05, 0) is 19.1 Å². The molecule has 0 spiro atoms. The number of aromatic nitrogens is 2. The topological polar surface area (TPSA) is 66.7 Å². The largest absolute Gasteiger partial charge is 0.329 e. The van der Waals surface area contributed by atoms with Crippen LogP contribution in [0.25, 0.3) is 5.65 Å². The number of rotatable bonds is 1. The number of fused-ring (bicyclic) bond motifs is 1. The molecule has 1 aliphatic heterocycles. The van der Waals surface area contributed by atoms with E-state index in [9.17, 15) is 9.59 Å². The van der Waals surface area contributed by atoms with E-state index >= 15 is 0 Å². The minimum Gasteiger partial charge on any atom is -0.286 e. The average molecular weight is 268 g/mol. The van der Waals surface area contributed by atoms with Crippen LogP contribution in [0, 0.1) is 11.8 Å². The van der Waals surface area contributed by atoms with Gasteiger partial charge in [0.05, 0.1) is 6.20 Å². The van der Waals surface area contributed by atoms with Gasteiger partial charge in [0.1, 0.15) is 11.5 Å². The molecule has 100 valence electrons. The first-order valence-electron chi connectivity index (χ1n) is 6.20. The highest BCUT2D eigenvalue weighted by atomic mass is 16.2. The lowest BCUT2D eigenvalue weighted by Crippen LogP contribution is -2.50. The third-order valence-corrected chi connectivity index (χ3v) is 3.09. The van der Waals surface area contributed by atoms with E-state index < -0.39 is 6.03 Å². The number of nitrogens with zero attached hydrogens (tertiary/aromatic N) is 3. The molecule has 2 aromatic rings. The summed E-state index contributed by atoms with van der Waals surface area (Å²) in [6.45, 7) is 2.13. The Balaban J connectivity index is 2.02. The van der Waals surface area contributed by atoms with E-state index in [1.54, 1.807) is 17.5 Å². The lowest BCUT2D eigenvalue weighted by Gasteiger charge is -2.25. The highest BCUT2D eigenvalue weighted by molar-refractivity contribution is 6.05. The summed E-state index contributed by atoms with van der Waals surface area (Å²) in [5, 5.41) is 2.30. The van der Waals surface area contributed by atoms with Gasteiger partial charge < -0.3 is 0 Å². The first-order chi connectivity index (χ1) is 9.69. The van der Waals surface area contributed by atoms with E-state index in [0.29, 0.717) is 24.4 Å². The number of imidazole rings is 1. The lowest BCUT2D eigenvalue weighted by molar-refractivity contribution is -0.120. The van der Waals surface area contributed by atoms with Crippen molar-refractivity contribution in [2.45, 2.75) is 13.3 Å². The van der Waals surface area contributed by atoms with Crippen LogP contribution in [-0.4, -0.2) is 27.9 Å². The van der Waals surface area contributed by atoms with E-state index in [-0.39, 0.29) is 5.91 Å². The monoisotopic (exact) mass is 268 g/mol. The number of pyridine rings is 1. The molecule has 1 fully saturated rings. The quantitative estimate of drug-likeness (QED) is 0.789. The summed E-state index contributed by atoms with van der Waals surface area (Å²) >= 11 is 0. The maximum absolute atomic E-state index is 11.8. The van der Waals surface area contributed by atoms with Crippen LogP contribution in [0.5, 0.6) is 0 Å². The van der Waals surface area contributed by atoms with Crippen LogP contribution in [0.3, 0.4) is 0 Å². The standard InChI is InChI=1S/C14H12N4O2/c1-2-3-10-4-6-17-11(8-10)15-9-13(17)18-7-5-12(19)16-14(18)20/h4,6,8-9H,5,7H2,1H3,(H,16,19,20). The van der Waals surface area contributed by atoms with Crippen LogP contribution >= 0.6 is 0 Å². The number of hydrogen-bond acceptors (Lipinski definition) is 3. The van der Waals surface area contributed by atoms with Gasteiger partial charge in [-0.3, -0.25) is 19.4 Å². The average Bonchev–Trinajstić information content (AvgIpc) is 2.82. The molecule has 2 aromatic heterocycles. The Labute approximate surface area is 115 Å². The molecule has 1 N–H and O–H groups in total. The fourth-order valence-corrected chi connectivity index (χ4v) is 2.17. The van der Waals surface area contributed by atoms with Crippen molar-refractivity contribution in [3.05, 3.63) is 30.1 Å². The molecule has 1 aliphatic rings. The van der Waals surface area contributed by atoms with Gasteiger partial charge in [0.25, 0.3) is 0 Å². The van der Waals surface area contributed by atoms with Crippen LogP contribution in [0.4, 0.5) is 10.6 Å². The first-order valence-corrected chi connectivity index (χ1v) is 6.20. The zero-order valence-electron chi connectivity index (χ0n) is 10.9. The van der Waals surface area contributed by atoms with Gasteiger partial charge in [-0.15, -0.1) is 5.92 Å². The van der Waals surface area contributed by atoms with Crippen molar-refractivity contribution < 1.29 is 9.59 Å². The Hall–Kier alpha value is -2.81. The van der Waals surface area contributed by atoms with Gasteiger partial charge in [0, 0.05) is 24.7 Å². The summed E-state index contributed by atoms with van der Waals surface area (Å²) in [6.07, 6.45) is 3.73. The summed E-state index contributed by atoms with van der Waals surface area (Å²) < 4.78 is 1.80. The van der Waals surface area contributed by atoms with Crippen molar-refractivity contribution in [2.24, 2.45) is 0 Å². The Bertz CT molecular complexity index is 766. The molecule has 6 nitrogen and oxygen atoms in total. The summed E-state index contributed by atoms with van der Waals surface area (Å²) in [6, 6.07) is 3.30. The second-order valence-corrected chi connectivity index (χ2v) is 4.39. The van der Waals surface area contributed by atoms with Gasteiger partial charge in [-0.1, -0.05) is 5.92 Å². The number of amides is 3. The zero-order valence-corrected chi connectivity index (χ0v) is 10.9. The number of imide groups is 1. The van der Waals surface area contributed by atoms with E-state index in [2.05, 4.69) is 22.1 Å². The molecule has 1 saturated heterocycles. The first kappa shape index (κ1) is 12.2. The second-order valence-electron chi connectivity index (χ2n) is 4.39. The molecule has 20 heavy (non-hydrogen) atoms. The van der Waals surface area contributed by atoms with Crippen molar-refractivity contribution in [1.82, 2.24) is 14.7 Å². The van der Waals surface area contributed by atoms with Gasteiger partial charge in [0.2, 0.25) is 5.91 Å². The normalized spacial score (nSPS) is 14.9. The maximum Gasteiger partial charge on any atom is 0.329 e. The maximum atomic E-state index is 11.8. The van der Waals surface area contributed by atoms with Crippen molar-refractivity contribution >= 4 is 23.4 Å². The minimum atomic E-state index is -0.416. The number of urea groups is 1. The summed E-state index contributed by atoms with van der Waals surface area (Å²) in [5.41, 5.74) is 1.58. The molecule has 0 atom stereocenters. The Morgan fingerprint density at radius 3 is 3.00 bits per heavy atom. The zero-order chi connectivity index (χ0) is 14.1. The predicted molar refractivity (Wildman–Crippen MR) is 73.2 cm³/mol. The molecule has 3 amide bonds. The van der Waals surface area contributed by atoms with Crippen molar-refractivity contribution in [2.75, 3.05) is 11.4 Å². The number of carbonyl (C=O) groups is 2. The van der Waals surface area contributed by atoms with Gasteiger partial charge >= 0.3 is 6.03 Å². The fraction of sp³-hybridized carbons (Fsp3) is 0.214.